The van der Waals surface area contributed by atoms with E-state index in [1.807, 2.05) is 68.4 Å². The van der Waals surface area contributed by atoms with Crippen molar-refractivity contribution < 1.29 is 14.3 Å². The monoisotopic (exact) mass is 322 g/mol. The molecule has 0 bridgehead atoms. The number of allylic oxidation sites excluding steroid dienone is 1. The maximum absolute atomic E-state index is 12.9. The summed E-state index contributed by atoms with van der Waals surface area (Å²) in [6.07, 6.45) is 1.05. The fourth-order valence-corrected chi connectivity index (χ4v) is 2.87. The van der Waals surface area contributed by atoms with Crippen molar-refractivity contribution in [1.29, 1.82) is 0 Å². The van der Waals surface area contributed by atoms with E-state index in [-0.39, 0.29) is 12.1 Å². The van der Waals surface area contributed by atoms with Crippen molar-refractivity contribution in [3.8, 4) is 0 Å². The number of rotatable bonds is 5. The molecule has 0 aliphatic carbocycles. The molecule has 0 radical (unpaired) electrons. The molecule has 0 aromatic heterocycles. The van der Waals surface area contributed by atoms with Gasteiger partial charge in [-0.1, -0.05) is 60.2 Å². The van der Waals surface area contributed by atoms with Gasteiger partial charge in [0.1, 0.15) is 5.76 Å². The first kappa shape index (κ1) is 16.5. The molecule has 124 valence electrons. The Labute approximate surface area is 142 Å². The molecule has 0 N–H and O–H groups in total. The molecule has 3 rings (SSSR count). The van der Waals surface area contributed by atoms with E-state index in [1.54, 1.807) is 0 Å². The number of Topliss-reactive ketones (excluding diaryl/α,β-unsaturated/α-hetero) is 1. The van der Waals surface area contributed by atoms with Crippen molar-refractivity contribution in [3.63, 3.8) is 0 Å². The van der Waals surface area contributed by atoms with Crippen molar-refractivity contribution in [2.45, 2.75) is 33.0 Å². The molecule has 0 fully saturated rings. The summed E-state index contributed by atoms with van der Waals surface area (Å²) in [5.74, 6) is 0.676. The molecule has 1 unspecified atom stereocenters. The van der Waals surface area contributed by atoms with Gasteiger partial charge in [-0.05, 0) is 20.3 Å². The Morgan fingerprint density at radius 1 is 1.12 bits per heavy atom. The van der Waals surface area contributed by atoms with Crippen LogP contribution in [0, 0.1) is 6.92 Å². The highest BCUT2D eigenvalue weighted by atomic mass is 16.7. The lowest BCUT2D eigenvalue weighted by Gasteiger charge is -2.28. The fourth-order valence-electron chi connectivity index (χ4n) is 2.87. The van der Waals surface area contributed by atoms with Gasteiger partial charge in [0.15, 0.2) is 12.1 Å². The van der Waals surface area contributed by atoms with Crippen LogP contribution in [0.2, 0.25) is 0 Å². The molecule has 0 saturated heterocycles. The number of benzene rings is 2. The van der Waals surface area contributed by atoms with Crippen LogP contribution in [0.4, 0.5) is 0 Å². The maximum Gasteiger partial charge on any atom is 0.200 e. The molecule has 1 heterocycles. The van der Waals surface area contributed by atoms with Gasteiger partial charge < -0.3 is 9.47 Å². The van der Waals surface area contributed by atoms with Crippen molar-refractivity contribution in [3.05, 3.63) is 76.9 Å². The van der Waals surface area contributed by atoms with Crippen molar-refractivity contribution in [2.24, 2.45) is 0 Å². The SMILES string of the molecule is CCOC1CCC(C(=O)c2ccccc2)=C(c2ccc(C)cc2)O1. The molecule has 1 aliphatic rings. The summed E-state index contributed by atoms with van der Waals surface area (Å²) in [6, 6.07) is 17.4. The normalized spacial score (nSPS) is 17.5. The van der Waals surface area contributed by atoms with Crippen LogP contribution in [0.5, 0.6) is 0 Å². The summed E-state index contributed by atoms with van der Waals surface area (Å²) in [6.45, 7) is 4.58. The number of ether oxygens (including phenoxy) is 2. The van der Waals surface area contributed by atoms with E-state index >= 15 is 0 Å². The number of carbonyl (C=O) groups is 1. The average Bonchev–Trinajstić information content (AvgIpc) is 2.63. The van der Waals surface area contributed by atoms with Gasteiger partial charge >= 0.3 is 0 Å². The van der Waals surface area contributed by atoms with Gasteiger partial charge in [-0.3, -0.25) is 4.79 Å². The minimum absolute atomic E-state index is 0.0288. The predicted octanol–water partition coefficient (Wildman–Crippen LogP) is 4.76. The fraction of sp³-hybridized carbons (Fsp3) is 0.286. The summed E-state index contributed by atoms with van der Waals surface area (Å²) in [5, 5.41) is 0. The second-order valence-electron chi connectivity index (χ2n) is 5.91. The molecule has 3 nitrogen and oxygen atoms in total. The quantitative estimate of drug-likeness (QED) is 0.744. The highest BCUT2D eigenvalue weighted by molar-refractivity contribution is 6.12. The highest BCUT2D eigenvalue weighted by Crippen LogP contribution is 2.33. The largest absolute Gasteiger partial charge is 0.464 e. The van der Waals surface area contributed by atoms with Crippen LogP contribution >= 0.6 is 0 Å². The van der Waals surface area contributed by atoms with Crippen molar-refractivity contribution in [2.75, 3.05) is 6.61 Å². The first-order chi connectivity index (χ1) is 11.7. The lowest BCUT2D eigenvalue weighted by Crippen LogP contribution is -2.24. The van der Waals surface area contributed by atoms with Gasteiger partial charge in [-0.15, -0.1) is 0 Å². The van der Waals surface area contributed by atoms with Gasteiger partial charge in [0.25, 0.3) is 0 Å². The zero-order valence-electron chi connectivity index (χ0n) is 14.1. The Hall–Kier alpha value is -2.39. The first-order valence-corrected chi connectivity index (χ1v) is 8.37. The second-order valence-corrected chi connectivity index (χ2v) is 5.91. The standard InChI is InChI=1S/C21H22O3/c1-3-23-19-14-13-18(20(22)16-7-5-4-6-8-16)21(24-19)17-11-9-15(2)10-12-17/h4-12,19H,3,13-14H2,1-2H3. The molecular weight excluding hydrogens is 300 g/mol. The predicted molar refractivity (Wildman–Crippen MR) is 94.6 cm³/mol. The summed E-state index contributed by atoms with van der Waals surface area (Å²) in [5.41, 5.74) is 3.51. The number of ketones is 1. The third kappa shape index (κ3) is 3.57. The van der Waals surface area contributed by atoms with Crippen LogP contribution < -0.4 is 0 Å². The van der Waals surface area contributed by atoms with Crippen molar-refractivity contribution >= 4 is 11.5 Å². The van der Waals surface area contributed by atoms with E-state index in [1.165, 1.54) is 5.56 Å². The molecule has 0 saturated carbocycles. The minimum atomic E-state index is -0.293. The van der Waals surface area contributed by atoms with E-state index in [9.17, 15) is 4.79 Å². The van der Waals surface area contributed by atoms with Gasteiger partial charge in [0.2, 0.25) is 0 Å². The lowest BCUT2D eigenvalue weighted by atomic mass is 9.93. The average molecular weight is 322 g/mol. The summed E-state index contributed by atoms with van der Waals surface area (Å²) in [7, 11) is 0. The minimum Gasteiger partial charge on any atom is -0.464 e. The van der Waals surface area contributed by atoms with Gasteiger partial charge in [0.05, 0.1) is 0 Å². The van der Waals surface area contributed by atoms with Gasteiger partial charge in [0, 0.05) is 29.7 Å². The third-order valence-electron chi connectivity index (χ3n) is 4.13. The molecule has 0 amide bonds. The summed E-state index contributed by atoms with van der Waals surface area (Å²) < 4.78 is 11.7. The molecule has 1 aliphatic heterocycles. The lowest BCUT2D eigenvalue weighted by molar-refractivity contribution is -0.102. The zero-order valence-corrected chi connectivity index (χ0v) is 14.1. The highest BCUT2D eigenvalue weighted by Gasteiger charge is 2.28. The Kier molecular flexibility index (Phi) is 5.11. The van der Waals surface area contributed by atoms with Gasteiger partial charge in [-0.2, -0.15) is 0 Å². The molecule has 2 aromatic carbocycles. The molecule has 0 spiro atoms. The zero-order chi connectivity index (χ0) is 16.9. The topological polar surface area (TPSA) is 35.5 Å². The number of hydrogen-bond acceptors (Lipinski definition) is 3. The van der Waals surface area contributed by atoms with Crippen LogP contribution in [0.1, 0.15) is 41.3 Å². The van der Waals surface area contributed by atoms with Crippen LogP contribution in [-0.2, 0) is 9.47 Å². The second kappa shape index (κ2) is 7.45. The van der Waals surface area contributed by atoms with Gasteiger partial charge in [-0.25, -0.2) is 0 Å². The molecule has 24 heavy (non-hydrogen) atoms. The third-order valence-corrected chi connectivity index (χ3v) is 4.13. The van der Waals surface area contributed by atoms with Crippen LogP contribution in [-0.4, -0.2) is 18.7 Å². The number of carbonyl (C=O) groups excluding carboxylic acids is 1. The van der Waals surface area contributed by atoms with E-state index in [4.69, 9.17) is 9.47 Å². The van der Waals surface area contributed by atoms with Crippen LogP contribution in [0.15, 0.2) is 60.2 Å². The Bertz CT molecular complexity index is 729. The Balaban J connectivity index is 2.01. The maximum atomic E-state index is 12.9. The van der Waals surface area contributed by atoms with E-state index in [2.05, 4.69) is 0 Å². The first-order valence-electron chi connectivity index (χ1n) is 8.37. The molecule has 1 atom stereocenters. The number of hydrogen-bond donors (Lipinski definition) is 0. The summed E-state index contributed by atoms with van der Waals surface area (Å²) >= 11 is 0. The van der Waals surface area contributed by atoms with E-state index in [0.29, 0.717) is 30.8 Å². The molecule has 3 heteroatoms. The molecular formula is C21H22O3. The van der Waals surface area contributed by atoms with E-state index < -0.39 is 0 Å². The summed E-state index contributed by atoms with van der Waals surface area (Å²) in [4.78, 5) is 12.9. The Morgan fingerprint density at radius 2 is 1.83 bits per heavy atom. The molecule has 2 aromatic rings. The van der Waals surface area contributed by atoms with Crippen LogP contribution in [0.3, 0.4) is 0 Å². The smallest absolute Gasteiger partial charge is 0.200 e. The van der Waals surface area contributed by atoms with E-state index in [0.717, 1.165) is 11.1 Å². The Morgan fingerprint density at radius 3 is 2.50 bits per heavy atom. The number of aryl methyl sites for hydroxylation is 1. The van der Waals surface area contributed by atoms with Crippen LogP contribution in [0.25, 0.3) is 5.76 Å². The van der Waals surface area contributed by atoms with Crippen molar-refractivity contribution in [1.82, 2.24) is 0 Å².